The lowest BCUT2D eigenvalue weighted by molar-refractivity contribution is 0.0204. The first-order valence-electron chi connectivity index (χ1n) is 7.09. The molecule has 0 aliphatic carbocycles. The SMILES string of the molecule is Nc1ccn([C@H]2CCC(/C=C/P(=O)(O)OP(=O)(O)OP(=O)(O)O)O2)c(=O)n1. The number of hydrogen-bond donors (Lipinski definition) is 5. The van der Waals surface area contributed by atoms with Crippen molar-refractivity contribution >= 4 is 29.1 Å². The van der Waals surface area contributed by atoms with E-state index in [9.17, 15) is 23.4 Å². The summed E-state index contributed by atoms with van der Waals surface area (Å²) in [6.45, 7) is 0. The Morgan fingerprint density at radius 3 is 2.48 bits per heavy atom. The first kappa shape index (κ1) is 22.1. The van der Waals surface area contributed by atoms with E-state index in [4.69, 9.17) is 25.2 Å². The molecule has 0 bridgehead atoms. The molecular weight excluding hydrogens is 431 g/mol. The van der Waals surface area contributed by atoms with Gasteiger partial charge < -0.3 is 30.0 Å². The van der Waals surface area contributed by atoms with Crippen LogP contribution in [0.4, 0.5) is 5.82 Å². The zero-order chi connectivity index (χ0) is 20.5. The Balaban J connectivity index is 2.01. The van der Waals surface area contributed by atoms with Crippen LogP contribution in [-0.4, -0.2) is 35.2 Å². The van der Waals surface area contributed by atoms with Crippen LogP contribution < -0.4 is 11.4 Å². The second-order valence-corrected chi connectivity index (χ2v) is 9.93. The number of nitrogen functional groups attached to an aromatic ring is 1. The van der Waals surface area contributed by atoms with Crippen LogP contribution in [0.15, 0.2) is 29.0 Å². The lowest BCUT2D eigenvalue weighted by Crippen LogP contribution is -2.27. The molecular formula is C10H16N3O11P3. The summed E-state index contributed by atoms with van der Waals surface area (Å²) in [6, 6.07) is 1.39. The Kier molecular flexibility index (Phi) is 6.60. The molecule has 0 spiro atoms. The van der Waals surface area contributed by atoms with E-state index in [2.05, 4.69) is 13.6 Å². The highest BCUT2D eigenvalue weighted by Crippen LogP contribution is 2.66. The zero-order valence-corrected chi connectivity index (χ0v) is 16.0. The number of nitrogens with zero attached hydrogens (tertiary/aromatic N) is 2. The maximum Gasteiger partial charge on any atom is 0.488 e. The number of aromatic nitrogens is 2. The van der Waals surface area contributed by atoms with Gasteiger partial charge >= 0.3 is 28.9 Å². The van der Waals surface area contributed by atoms with Gasteiger partial charge in [0.25, 0.3) is 0 Å². The quantitative estimate of drug-likeness (QED) is 0.358. The molecule has 152 valence electrons. The molecule has 1 aliphatic heterocycles. The van der Waals surface area contributed by atoms with Gasteiger partial charge in [0.05, 0.1) is 6.10 Å². The third-order valence-corrected chi connectivity index (χ3v) is 7.10. The van der Waals surface area contributed by atoms with Gasteiger partial charge in [0.2, 0.25) is 0 Å². The molecule has 1 fully saturated rings. The maximum absolute atomic E-state index is 11.8. The summed E-state index contributed by atoms with van der Waals surface area (Å²) in [6.07, 6.45) is 1.66. The van der Waals surface area contributed by atoms with Gasteiger partial charge in [0, 0.05) is 12.0 Å². The normalized spacial score (nSPS) is 25.3. The average Bonchev–Trinajstić information content (AvgIpc) is 2.90. The summed E-state index contributed by atoms with van der Waals surface area (Å²) in [7, 11) is -15.8. The van der Waals surface area contributed by atoms with E-state index in [1.807, 2.05) is 0 Å². The van der Waals surface area contributed by atoms with Crippen LogP contribution in [-0.2, 0) is 27.1 Å². The van der Waals surface area contributed by atoms with Crippen molar-refractivity contribution in [2.24, 2.45) is 0 Å². The molecule has 2 heterocycles. The standard InChI is InChI=1S/C10H16N3O11P3/c11-8-3-5-13(10(14)12-8)9-2-1-7(22-9)4-6-25(15,16)23-27(20,21)24-26(17,18)19/h3-7,9H,1-2H2,(H,15,16)(H,20,21)(H2,11,12,14)(H2,17,18,19)/b6-4+/t7?,9-/m1/s1. The lowest BCUT2D eigenvalue weighted by atomic mass is 10.2. The number of nitrogens with two attached hydrogens (primary N) is 1. The molecule has 2 rings (SSSR count). The summed E-state index contributed by atoms with van der Waals surface area (Å²) in [5.41, 5.74) is 4.74. The van der Waals surface area contributed by atoms with E-state index < -0.39 is 41.3 Å². The van der Waals surface area contributed by atoms with Crippen LogP contribution in [0.25, 0.3) is 0 Å². The van der Waals surface area contributed by atoms with Crippen LogP contribution in [0.2, 0.25) is 0 Å². The highest BCUT2D eigenvalue weighted by Gasteiger charge is 2.38. The molecule has 6 N–H and O–H groups in total. The van der Waals surface area contributed by atoms with Gasteiger partial charge in [0.1, 0.15) is 12.0 Å². The van der Waals surface area contributed by atoms with E-state index >= 15 is 0 Å². The van der Waals surface area contributed by atoms with Gasteiger partial charge in [0.15, 0.2) is 0 Å². The molecule has 17 heteroatoms. The smallest absolute Gasteiger partial charge is 0.383 e. The number of rotatable bonds is 7. The number of phosphoric acid groups is 2. The van der Waals surface area contributed by atoms with Crippen molar-refractivity contribution in [2.45, 2.75) is 25.2 Å². The molecule has 4 atom stereocenters. The van der Waals surface area contributed by atoms with Crippen LogP contribution >= 0.6 is 23.2 Å². The maximum atomic E-state index is 11.8. The highest BCUT2D eigenvalue weighted by atomic mass is 31.3. The Morgan fingerprint density at radius 2 is 1.89 bits per heavy atom. The molecule has 14 nitrogen and oxygen atoms in total. The van der Waals surface area contributed by atoms with Crippen molar-refractivity contribution in [2.75, 3.05) is 5.73 Å². The zero-order valence-electron chi connectivity index (χ0n) is 13.3. The van der Waals surface area contributed by atoms with E-state index in [0.29, 0.717) is 18.7 Å². The fourth-order valence-corrected chi connectivity index (χ4v) is 5.44. The Morgan fingerprint density at radius 1 is 1.22 bits per heavy atom. The summed E-state index contributed by atoms with van der Waals surface area (Å²) >= 11 is 0. The number of anilines is 1. The average molecular weight is 447 g/mol. The summed E-state index contributed by atoms with van der Waals surface area (Å²) in [5.74, 6) is 0.547. The predicted octanol–water partition coefficient (Wildman–Crippen LogP) is 0.428. The Bertz CT molecular complexity index is 924. The molecule has 1 aromatic rings. The Labute approximate surface area is 151 Å². The summed E-state index contributed by atoms with van der Waals surface area (Å²) < 4.78 is 47.6. The van der Waals surface area contributed by atoms with E-state index in [-0.39, 0.29) is 5.82 Å². The van der Waals surface area contributed by atoms with Crippen molar-refractivity contribution in [3.63, 3.8) is 0 Å². The summed E-state index contributed by atoms with van der Waals surface area (Å²) in [4.78, 5) is 50.8. The fraction of sp³-hybridized carbons (Fsp3) is 0.400. The van der Waals surface area contributed by atoms with Gasteiger partial charge in [-0.2, -0.15) is 9.29 Å². The van der Waals surface area contributed by atoms with Crippen LogP contribution in [0.3, 0.4) is 0 Å². The third kappa shape index (κ3) is 7.05. The second kappa shape index (κ2) is 8.06. The summed E-state index contributed by atoms with van der Waals surface area (Å²) in [5, 5.41) is 0. The molecule has 1 aliphatic rings. The molecule has 0 saturated carbocycles. The first-order chi connectivity index (χ1) is 12.3. The van der Waals surface area contributed by atoms with E-state index in [0.717, 1.165) is 6.08 Å². The fourth-order valence-electron chi connectivity index (χ4n) is 2.17. The van der Waals surface area contributed by atoms with Crippen molar-refractivity contribution < 1.29 is 46.6 Å². The van der Waals surface area contributed by atoms with Crippen molar-refractivity contribution in [1.82, 2.24) is 9.55 Å². The second-order valence-electron chi connectivity index (χ2n) is 5.28. The minimum absolute atomic E-state index is 0.0371. The van der Waals surface area contributed by atoms with Crippen molar-refractivity contribution in [3.8, 4) is 0 Å². The predicted molar refractivity (Wildman–Crippen MR) is 89.1 cm³/mol. The number of hydrogen-bond acceptors (Lipinski definition) is 9. The highest BCUT2D eigenvalue weighted by molar-refractivity contribution is 7.69. The molecule has 0 radical (unpaired) electrons. The lowest BCUT2D eigenvalue weighted by Gasteiger charge is -2.15. The van der Waals surface area contributed by atoms with Gasteiger partial charge in [-0.05, 0) is 25.0 Å². The van der Waals surface area contributed by atoms with E-state index in [1.165, 1.54) is 16.8 Å². The van der Waals surface area contributed by atoms with Crippen LogP contribution in [0.1, 0.15) is 19.1 Å². The minimum atomic E-state index is -5.50. The molecule has 0 aromatic carbocycles. The van der Waals surface area contributed by atoms with Crippen LogP contribution in [0.5, 0.6) is 0 Å². The monoisotopic (exact) mass is 447 g/mol. The topological polar surface area (TPSA) is 221 Å². The van der Waals surface area contributed by atoms with E-state index in [1.54, 1.807) is 0 Å². The van der Waals surface area contributed by atoms with Crippen molar-refractivity contribution in [1.29, 1.82) is 0 Å². The van der Waals surface area contributed by atoms with Crippen LogP contribution in [0, 0.1) is 0 Å². The van der Waals surface area contributed by atoms with Gasteiger partial charge in [-0.1, -0.05) is 0 Å². The molecule has 27 heavy (non-hydrogen) atoms. The Hall–Kier alpha value is -1.17. The largest absolute Gasteiger partial charge is 0.488 e. The van der Waals surface area contributed by atoms with Gasteiger partial charge in [-0.25, -0.2) is 18.2 Å². The molecule has 1 saturated heterocycles. The first-order valence-corrected chi connectivity index (χ1v) is 11.8. The molecule has 3 unspecified atom stereocenters. The van der Waals surface area contributed by atoms with Gasteiger partial charge in [-0.15, -0.1) is 0 Å². The number of ether oxygens (including phenoxy) is 1. The van der Waals surface area contributed by atoms with Gasteiger partial charge in [-0.3, -0.25) is 9.13 Å². The third-order valence-electron chi connectivity index (χ3n) is 3.11. The minimum Gasteiger partial charge on any atom is -0.383 e. The van der Waals surface area contributed by atoms with Crippen molar-refractivity contribution in [3.05, 3.63) is 34.6 Å². The molecule has 1 aromatic heterocycles. The molecule has 0 amide bonds.